The molecule has 0 aromatic heterocycles. The molecule has 0 amide bonds. The molecule has 0 heterocycles. The maximum absolute atomic E-state index is 2.27. The van der Waals surface area contributed by atoms with Crippen molar-refractivity contribution in [1.29, 1.82) is 0 Å². The van der Waals surface area contributed by atoms with E-state index in [1.807, 2.05) is 0 Å². The summed E-state index contributed by atoms with van der Waals surface area (Å²) < 4.78 is 0. The van der Waals surface area contributed by atoms with Crippen molar-refractivity contribution in [2.75, 3.05) is 0 Å². The predicted molar refractivity (Wildman–Crippen MR) is 99.1 cm³/mol. The summed E-state index contributed by atoms with van der Waals surface area (Å²) in [6, 6.07) is 24.1. The summed E-state index contributed by atoms with van der Waals surface area (Å²) in [6.45, 7) is 6.66. The van der Waals surface area contributed by atoms with Gasteiger partial charge in [0.15, 0.2) is 0 Å². The van der Waals surface area contributed by atoms with Crippen LogP contribution in [0.5, 0.6) is 0 Å². The molecule has 0 heteroatoms. The van der Waals surface area contributed by atoms with Crippen molar-refractivity contribution in [1.82, 2.24) is 0 Å². The van der Waals surface area contributed by atoms with Gasteiger partial charge in [-0.1, -0.05) is 66.7 Å². The second-order valence-corrected chi connectivity index (χ2v) is 6.41. The molecule has 0 unspecified atom stereocenters. The van der Waals surface area contributed by atoms with E-state index in [0.717, 1.165) is 12.8 Å². The zero-order valence-electron chi connectivity index (χ0n) is 14.3. The third-order valence-electron chi connectivity index (χ3n) is 4.84. The Hall–Kier alpha value is -2.34. The molecule has 0 fully saturated rings. The molecule has 23 heavy (non-hydrogen) atoms. The van der Waals surface area contributed by atoms with Gasteiger partial charge in [0.25, 0.3) is 0 Å². The highest BCUT2D eigenvalue weighted by molar-refractivity contribution is 5.42. The van der Waals surface area contributed by atoms with E-state index in [1.165, 1.54) is 38.9 Å². The van der Waals surface area contributed by atoms with E-state index in [9.17, 15) is 0 Å². The number of benzene rings is 3. The van der Waals surface area contributed by atoms with E-state index < -0.39 is 0 Å². The topological polar surface area (TPSA) is 0 Å². The van der Waals surface area contributed by atoms with Gasteiger partial charge >= 0.3 is 0 Å². The Morgan fingerprint density at radius 1 is 0.478 bits per heavy atom. The average molecular weight is 300 g/mol. The average Bonchev–Trinajstić information content (AvgIpc) is 2.55. The summed E-state index contributed by atoms with van der Waals surface area (Å²) in [5.41, 5.74) is 9.88. The fraction of sp³-hybridized carbons (Fsp3) is 0.217. The first-order valence-corrected chi connectivity index (χ1v) is 8.31. The van der Waals surface area contributed by atoms with Crippen LogP contribution in [0, 0.1) is 20.8 Å². The molecule has 3 rings (SSSR count). The Bertz CT molecular complexity index is 746. The first-order valence-electron chi connectivity index (χ1n) is 8.31. The van der Waals surface area contributed by atoms with Crippen molar-refractivity contribution in [3.8, 4) is 0 Å². The normalized spacial score (nSPS) is 10.7. The van der Waals surface area contributed by atoms with Crippen LogP contribution in [0.25, 0.3) is 0 Å². The molecule has 0 saturated heterocycles. The van der Waals surface area contributed by atoms with Gasteiger partial charge in [-0.15, -0.1) is 0 Å². The summed E-state index contributed by atoms with van der Waals surface area (Å²) in [4.78, 5) is 0. The van der Waals surface area contributed by atoms with Gasteiger partial charge in [-0.2, -0.15) is 0 Å². The third-order valence-corrected chi connectivity index (χ3v) is 4.84. The van der Waals surface area contributed by atoms with E-state index in [4.69, 9.17) is 0 Å². The minimum atomic E-state index is 1.01. The number of aryl methyl sites for hydroxylation is 2. The fourth-order valence-corrected chi connectivity index (χ4v) is 3.15. The van der Waals surface area contributed by atoms with Crippen LogP contribution in [-0.4, -0.2) is 0 Å². The molecule has 0 radical (unpaired) electrons. The minimum Gasteiger partial charge on any atom is -0.0620 e. The van der Waals surface area contributed by atoms with Crippen LogP contribution >= 0.6 is 0 Å². The second-order valence-electron chi connectivity index (χ2n) is 6.41. The minimum absolute atomic E-state index is 1.01. The van der Waals surface area contributed by atoms with Gasteiger partial charge in [0.1, 0.15) is 0 Å². The fourth-order valence-electron chi connectivity index (χ4n) is 3.15. The Morgan fingerprint density at radius 2 is 0.870 bits per heavy atom. The van der Waals surface area contributed by atoms with Crippen LogP contribution < -0.4 is 0 Å². The largest absolute Gasteiger partial charge is 0.0620 e. The van der Waals surface area contributed by atoms with Crippen LogP contribution in [-0.2, 0) is 12.8 Å². The van der Waals surface area contributed by atoms with Gasteiger partial charge in [-0.25, -0.2) is 0 Å². The van der Waals surface area contributed by atoms with Gasteiger partial charge in [-0.3, -0.25) is 0 Å². The molecule has 0 spiro atoms. The van der Waals surface area contributed by atoms with Gasteiger partial charge in [-0.05, 0) is 72.6 Å². The molecule has 0 nitrogen and oxygen atoms in total. The molecule has 0 saturated carbocycles. The van der Waals surface area contributed by atoms with Crippen LogP contribution in [0.1, 0.15) is 38.9 Å². The standard InChI is InChI=1S/C23H24/c1-17-9-4-6-11-20(17)15-22-13-8-14-23(19(22)3)16-21-12-7-5-10-18(21)2/h4-14H,15-16H2,1-3H3. The maximum atomic E-state index is 2.27. The molecule has 0 N–H and O–H groups in total. The van der Waals surface area contributed by atoms with E-state index in [0.29, 0.717) is 0 Å². The van der Waals surface area contributed by atoms with E-state index in [-0.39, 0.29) is 0 Å². The Morgan fingerprint density at radius 3 is 1.30 bits per heavy atom. The molecule has 3 aromatic carbocycles. The highest BCUT2D eigenvalue weighted by Gasteiger charge is 2.08. The quantitative estimate of drug-likeness (QED) is 0.572. The molecule has 0 bridgehead atoms. The van der Waals surface area contributed by atoms with Gasteiger partial charge < -0.3 is 0 Å². The van der Waals surface area contributed by atoms with Crippen molar-refractivity contribution in [2.45, 2.75) is 33.6 Å². The molecule has 0 aliphatic rings. The van der Waals surface area contributed by atoms with Crippen LogP contribution in [0.4, 0.5) is 0 Å². The Balaban J connectivity index is 1.90. The van der Waals surface area contributed by atoms with Crippen molar-refractivity contribution in [3.05, 3.63) is 106 Å². The van der Waals surface area contributed by atoms with Crippen molar-refractivity contribution in [2.24, 2.45) is 0 Å². The molecule has 3 aromatic rings. The highest BCUT2D eigenvalue weighted by Crippen LogP contribution is 2.22. The maximum Gasteiger partial charge on any atom is -0.00204 e. The highest BCUT2D eigenvalue weighted by atomic mass is 14.1. The van der Waals surface area contributed by atoms with Gasteiger partial charge in [0, 0.05) is 0 Å². The van der Waals surface area contributed by atoms with Crippen LogP contribution in [0.3, 0.4) is 0 Å². The molecular weight excluding hydrogens is 276 g/mol. The number of hydrogen-bond acceptors (Lipinski definition) is 0. The smallest absolute Gasteiger partial charge is 0.00204 e. The second kappa shape index (κ2) is 6.83. The predicted octanol–water partition coefficient (Wildman–Crippen LogP) is 5.79. The zero-order valence-corrected chi connectivity index (χ0v) is 14.3. The van der Waals surface area contributed by atoms with E-state index in [2.05, 4.69) is 87.5 Å². The van der Waals surface area contributed by atoms with E-state index in [1.54, 1.807) is 0 Å². The lowest BCUT2D eigenvalue weighted by Crippen LogP contribution is -2.00. The lowest BCUT2D eigenvalue weighted by atomic mass is 9.91. The van der Waals surface area contributed by atoms with Gasteiger partial charge in [0.2, 0.25) is 0 Å². The van der Waals surface area contributed by atoms with E-state index >= 15 is 0 Å². The molecule has 0 aliphatic carbocycles. The van der Waals surface area contributed by atoms with Crippen molar-refractivity contribution < 1.29 is 0 Å². The first-order chi connectivity index (χ1) is 11.1. The molecular formula is C23H24. The summed E-state index contributed by atoms with van der Waals surface area (Å²) in [6.07, 6.45) is 2.03. The van der Waals surface area contributed by atoms with Crippen LogP contribution in [0.2, 0.25) is 0 Å². The monoisotopic (exact) mass is 300 g/mol. The number of hydrogen-bond donors (Lipinski definition) is 0. The third kappa shape index (κ3) is 3.53. The summed E-state index contributed by atoms with van der Waals surface area (Å²) in [5, 5.41) is 0. The summed E-state index contributed by atoms with van der Waals surface area (Å²) in [7, 11) is 0. The number of rotatable bonds is 4. The zero-order chi connectivity index (χ0) is 16.2. The Labute approximate surface area is 139 Å². The lowest BCUT2D eigenvalue weighted by molar-refractivity contribution is 1.07. The van der Waals surface area contributed by atoms with Crippen molar-refractivity contribution in [3.63, 3.8) is 0 Å². The SMILES string of the molecule is Cc1ccccc1Cc1cccc(Cc2ccccc2C)c1C. The molecule has 116 valence electrons. The van der Waals surface area contributed by atoms with Gasteiger partial charge in [0.05, 0.1) is 0 Å². The Kier molecular flexibility index (Phi) is 4.62. The molecule has 0 aliphatic heterocycles. The lowest BCUT2D eigenvalue weighted by Gasteiger charge is -2.14. The molecule has 0 atom stereocenters. The summed E-state index contributed by atoms with van der Waals surface area (Å²) in [5.74, 6) is 0. The van der Waals surface area contributed by atoms with Crippen LogP contribution in [0.15, 0.2) is 66.7 Å². The summed E-state index contributed by atoms with van der Waals surface area (Å²) >= 11 is 0. The van der Waals surface area contributed by atoms with Crippen molar-refractivity contribution >= 4 is 0 Å². The first kappa shape index (κ1) is 15.6.